The van der Waals surface area contributed by atoms with Gasteiger partial charge in [-0.1, -0.05) is 18.2 Å². The van der Waals surface area contributed by atoms with Gasteiger partial charge in [0.15, 0.2) is 0 Å². The fourth-order valence-corrected chi connectivity index (χ4v) is 2.45. The molecule has 0 unspecified atom stereocenters. The van der Waals surface area contributed by atoms with Crippen molar-refractivity contribution in [3.63, 3.8) is 0 Å². The Bertz CT molecular complexity index is 700. The third kappa shape index (κ3) is 1.64. The number of fused-ring (bicyclic) bond motifs is 3. The fraction of sp³-hybridized carbons (Fsp3) is 0.200. The van der Waals surface area contributed by atoms with Gasteiger partial charge in [-0.25, -0.2) is 0 Å². The first kappa shape index (κ1) is 11.1. The van der Waals surface area contributed by atoms with E-state index in [1.54, 1.807) is 7.11 Å². The molecule has 0 saturated carbocycles. The molecule has 0 aliphatic carbocycles. The summed E-state index contributed by atoms with van der Waals surface area (Å²) in [4.78, 5) is 0. The first-order valence-corrected chi connectivity index (χ1v) is 6.09. The number of ether oxygens (including phenoxy) is 1. The zero-order valence-corrected chi connectivity index (χ0v) is 10.4. The summed E-state index contributed by atoms with van der Waals surface area (Å²) in [6.07, 6.45) is 2.09. The van der Waals surface area contributed by atoms with Crippen molar-refractivity contribution in [3.05, 3.63) is 42.6 Å². The lowest BCUT2D eigenvalue weighted by Crippen LogP contribution is -2.08. The fourth-order valence-electron chi connectivity index (χ4n) is 2.45. The van der Waals surface area contributed by atoms with Crippen LogP contribution in [0.25, 0.3) is 21.7 Å². The van der Waals surface area contributed by atoms with Crippen molar-refractivity contribution in [2.45, 2.75) is 6.54 Å². The van der Waals surface area contributed by atoms with Gasteiger partial charge in [-0.05, 0) is 23.6 Å². The van der Waals surface area contributed by atoms with Crippen LogP contribution < -0.4 is 10.5 Å². The van der Waals surface area contributed by atoms with Gasteiger partial charge in [-0.15, -0.1) is 0 Å². The third-order valence-electron chi connectivity index (χ3n) is 3.32. The Morgan fingerprint density at radius 1 is 1.11 bits per heavy atom. The summed E-state index contributed by atoms with van der Waals surface area (Å²) in [6, 6.07) is 12.6. The van der Waals surface area contributed by atoms with Gasteiger partial charge in [0.2, 0.25) is 0 Å². The summed E-state index contributed by atoms with van der Waals surface area (Å²) in [7, 11) is 1.69. The minimum absolute atomic E-state index is 0.643. The first-order valence-electron chi connectivity index (χ1n) is 6.09. The molecule has 0 spiro atoms. The van der Waals surface area contributed by atoms with E-state index in [4.69, 9.17) is 10.5 Å². The van der Waals surface area contributed by atoms with E-state index in [1.165, 1.54) is 21.7 Å². The Balaban J connectivity index is 2.37. The molecule has 1 heterocycles. The molecular formula is C15H16N2O. The van der Waals surface area contributed by atoms with Crippen LogP contribution in [0.15, 0.2) is 42.6 Å². The zero-order chi connectivity index (χ0) is 12.5. The topological polar surface area (TPSA) is 40.2 Å². The van der Waals surface area contributed by atoms with E-state index < -0.39 is 0 Å². The van der Waals surface area contributed by atoms with E-state index in [0.717, 1.165) is 12.3 Å². The van der Waals surface area contributed by atoms with E-state index in [2.05, 4.69) is 41.1 Å². The summed E-state index contributed by atoms with van der Waals surface area (Å²) in [5, 5.41) is 3.68. The smallest absolute Gasteiger partial charge is 0.119 e. The SMILES string of the molecule is COc1ccc2ccc3ccn(CCN)c3c2c1. The summed E-state index contributed by atoms with van der Waals surface area (Å²) in [6.45, 7) is 1.48. The summed E-state index contributed by atoms with van der Waals surface area (Å²) in [5.74, 6) is 0.885. The molecule has 0 fully saturated rings. The Hall–Kier alpha value is -2.00. The normalized spacial score (nSPS) is 11.2. The van der Waals surface area contributed by atoms with Crippen LogP contribution in [0.3, 0.4) is 0 Å². The molecule has 3 aromatic rings. The molecule has 0 bridgehead atoms. The van der Waals surface area contributed by atoms with Gasteiger partial charge in [-0.3, -0.25) is 0 Å². The number of nitrogens with two attached hydrogens (primary N) is 1. The molecule has 92 valence electrons. The van der Waals surface area contributed by atoms with Gasteiger partial charge in [-0.2, -0.15) is 0 Å². The van der Waals surface area contributed by atoms with Crippen LogP contribution in [-0.4, -0.2) is 18.2 Å². The highest BCUT2D eigenvalue weighted by molar-refractivity contribution is 6.06. The van der Waals surface area contributed by atoms with E-state index in [0.29, 0.717) is 6.54 Å². The maximum absolute atomic E-state index is 5.67. The van der Waals surface area contributed by atoms with Gasteiger partial charge < -0.3 is 15.0 Å². The summed E-state index contributed by atoms with van der Waals surface area (Å²) >= 11 is 0. The summed E-state index contributed by atoms with van der Waals surface area (Å²) < 4.78 is 7.52. The molecule has 2 N–H and O–H groups in total. The molecule has 3 rings (SSSR count). The van der Waals surface area contributed by atoms with Crippen LogP contribution in [0.2, 0.25) is 0 Å². The predicted molar refractivity (Wildman–Crippen MR) is 75.1 cm³/mol. The van der Waals surface area contributed by atoms with Crippen LogP contribution >= 0.6 is 0 Å². The van der Waals surface area contributed by atoms with Crippen LogP contribution in [0.4, 0.5) is 0 Å². The van der Waals surface area contributed by atoms with Crippen molar-refractivity contribution < 1.29 is 4.74 Å². The predicted octanol–water partition coefficient (Wildman–Crippen LogP) is 2.76. The van der Waals surface area contributed by atoms with Crippen molar-refractivity contribution >= 4 is 21.7 Å². The van der Waals surface area contributed by atoms with Crippen molar-refractivity contribution in [1.29, 1.82) is 0 Å². The van der Waals surface area contributed by atoms with Gasteiger partial charge in [0.25, 0.3) is 0 Å². The maximum atomic E-state index is 5.67. The molecule has 0 saturated heterocycles. The number of nitrogens with zero attached hydrogens (tertiary/aromatic N) is 1. The van der Waals surface area contributed by atoms with Crippen LogP contribution in [-0.2, 0) is 6.54 Å². The number of hydrogen-bond acceptors (Lipinski definition) is 2. The zero-order valence-electron chi connectivity index (χ0n) is 10.4. The molecule has 2 aromatic carbocycles. The molecule has 0 aliphatic heterocycles. The van der Waals surface area contributed by atoms with Crippen molar-refractivity contribution in [2.75, 3.05) is 13.7 Å². The molecule has 0 aliphatic rings. The lowest BCUT2D eigenvalue weighted by Gasteiger charge is -2.08. The average Bonchev–Trinajstić information content (AvgIpc) is 2.82. The summed E-state index contributed by atoms with van der Waals surface area (Å²) in [5.41, 5.74) is 6.90. The largest absolute Gasteiger partial charge is 0.497 e. The number of rotatable bonds is 3. The second kappa shape index (κ2) is 4.35. The molecule has 3 heteroatoms. The number of benzene rings is 2. The highest BCUT2D eigenvalue weighted by atomic mass is 16.5. The Kier molecular flexibility index (Phi) is 2.68. The van der Waals surface area contributed by atoms with Gasteiger partial charge in [0.05, 0.1) is 12.6 Å². The van der Waals surface area contributed by atoms with E-state index in [9.17, 15) is 0 Å². The Morgan fingerprint density at radius 2 is 1.89 bits per heavy atom. The van der Waals surface area contributed by atoms with Gasteiger partial charge in [0, 0.05) is 30.1 Å². The number of hydrogen-bond donors (Lipinski definition) is 1. The Morgan fingerprint density at radius 3 is 2.67 bits per heavy atom. The van der Waals surface area contributed by atoms with Crippen LogP contribution in [0, 0.1) is 0 Å². The Labute approximate surface area is 106 Å². The molecule has 0 radical (unpaired) electrons. The lowest BCUT2D eigenvalue weighted by molar-refractivity contribution is 0.415. The monoisotopic (exact) mass is 240 g/mol. The molecular weight excluding hydrogens is 224 g/mol. The highest BCUT2D eigenvalue weighted by Gasteiger charge is 2.06. The van der Waals surface area contributed by atoms with Crippen molar-refractivity contribution in [2.24, 2.45) is 5.73 Å². The number of aromatic nitrogens is 1. The molecule has 3 nitrogen and oxygen atoms in total. The van der Waals surface area contributed by atoms with E-state index in [-0.39, 0.29) is 0 Å². The average molecular weight is 240 g/mol. The highest BCUT2D eigenvalue weighted by Crippen LogP contribution is 2.29. The number of methoxy groups -OCH3 is 1. The van der Waals surface area contributed by atoms with Crippen molar-refractivity contribution in [1.82, 2.24) is 4.57 Å². The maximum Gasteiger partial charge on any atom is 0.119 e. The quantitative estimate of drug-likeness (QED) is 0.764. The standard InChI is InChI=1S/C15H16N2O/c1-18-13-5-4-11-2-3-12-6-8-17(9-7-16)15(12)14(11)10-13/h2-6,8,10H,7,9,16H2,1H3. The third-order valence-corrected chi connectivity index (χ3v) is 3.32. The second-order valence-corrected chi connectivity index (χ2v) is 4.39. The van der Waals surface area contributed by atoms with Crippen LogP contribution in [0.5, 0.6) is 5.75 Å². The minimum atomic E-state index is 0.643. The van der Waals surface area contributed by atoms with Crippen LogP contribution in [0.1, 0.15) is 0 Å². The molecule has 1 aromatic heterocycles. The molecule has 0 amide bonds. The van der Waals surface area contributed by atoms with Crippen molar-refractivity contribution in [3.8, 4) is 5.75 Å². The first-order chi connectivity index (χ1) is 8.83. The van der Waals surface area contributed by atoms with Gasteiger partial charge in [0.1, 0.15) is 5.75 Å². The van der Waals surface area contributed by atoms with Gasteiger partial charge >= 0.3 is 0 Å². The molecule has 0 atom stereocenters. The van der Waals surface area contributed by atoms with E-state index >= 15 is 0 Å². The van der Waals surface area contributed by atoms with E-state index in [1.807, 2.05) is 6.07 Å². The lowest BCUT2D eigenvalue weighted by atomic mass is 10.1. The molecule has 18 heavy (non-hydrogen) atoms. The second-order valence-electron chi connectivity index (χ2n) is 4.39. The minimum Gasteiger partial charge on any atom is -0.497 e.